The van der Waals surface area contributed by atoms with E-state index < -0.39 is 0 Å². The van der Waals surface area contributed by atoms with E-state index in [1.165, 1.54) is 0 Å². The molecule has 2 atom stereocenters. The fraction of sp³-hybridized carbons (Fsp3) is 0.429. The van der Waals surface area contributed by atoms with Crippen molar-refractivity contribution in [3.8, 4) is 0 Å². The Morgan fingerprint density at radius 3 is 2.97 bits per heavy atom. The van der Waals surface area contributed by atoms with Crippen LogP contribution in [0.4, 0.5) is 0 Å². The molecule has 2 aromatic heterocycles. The minimum absolute atomic E-state index is 0.00175. The number of benzene rings is 1. The van der Waals surface area contributed by atoms with Gasteiger partial charge < -0.3 is 15.2 Å². The Labute approximate surface area is 169 Å². The predicted molar refractivity (Wildman–Crippen MR) is 109 cm³/mol. The van der Waals surface area contributed by atoms with Crippen LogP contribution in [-0.4, -0.2) is 37.2 Å². The van der Waals surface area contributed by atoms with Crippen LogP contribution >= 0.6 is 0 Å². The zero-order valence-corrected chi connectivity index (χ0v) is 16.7. The van der Waals surface area contributed by atoms with Gasteiger partial charge in [0.15, 0.2) is 0 Å². The number of aromatic nitrogens is 4. The van der Waals surface area contributed by atoms with Crippen molar-refractivity contribution in [1.29, 1.82) is 0 Å². The Kier molecular flexibility index (Phi) is 5.33. The van der Waals surface area contributed by atoms with E-state index in [4.69, 9.17) is 0 Å². The molecular formula is C21H26N6O2. The molecule has 0 unspecified atom stereocenters. The smallest absolute Gasteiger partial charge is 0.222 e. The Hall–Kier alpha value is -3.16. The second kappa shape index (κ2) is 8.06. The zero-order chi connectivity index (χ0) is 20.4. The summed E-state index contributed by atoms with van der Waals surface area (Å²) in [5, 5.41) is 10.5. The van der Waals surface area contributed by atoms with Crippen LogP contribution in [0.5, 0.6) is 0 Å². The van der Waals surface area contributed by atoms with Gasteiger partial charge in [-0.3, -0.25) is 14.3 Å². The van der Waals surface area contributed by atoms with Crippen LogP contribution in [0.1, 0.15) is 50.9 Å². The first-order chi connectivity index (χ1) is 14.0. The van der Waals surface area contributed by atoms with E-state index in [0.717, 1.165) is 16.7 Å². The summed E-state index contributed by atoms with van der Waals surface area (Å²) in [5.74, 6) is -0.0357. The maximum atomic E-state index is 12.7. The third-order valence-electron chi connectivity index (χ3n) is 5.36. The van der Waals surface area contributed by atoms with Gasteiger partial charge >= 0.3 is 0 Å². The van der Waals surface area contributed by atoms with Crippen molar-refractivity contribution >= 4 is 22.8 Å². The highest BCUT2D eigenvalue weighted by atomic mass is 16.2. The number of hydrogen-bond acceptors (Lipinski definition) is 4. The van der Waals surface area contributed by atoms with Crippen molar-refractivity contribution in [3.05, 3.63) is 48.5 Å². The molecule has 1 fully saturated rings. The lowest BCUT2D eigenvalue weighted by molar-refractivity contribution is -0.127. The summed E-state index contributed by atoms with van der Waals surface area (Å²) < 4.78 is 3.88. The lowest BCUT2D eigenvalue weighted by Crippen LogP contribution is -2.50. The van der Waals surface area contributed by atoms with E-state index >= 15 is 0 Å². The van der Waals surface area contributed by atoms with E-state index in [9.17, 15) is 9.59 Å². The number of amides is 2. The molecule has 1 aliphatic heterocycles. The molecule has 1 aromatic carbocycles. The van der Waals surface area contributed by atoms with E-state index in [0.29, 0.717) is 25.8 Å². The molecule has 3 heterocycles. The number of carbonyl (C=O) groups is 2. The lowest BCUT2D eigenvalue weighted by atomic mass is 9.94. The van der Waals surface area contributed by atoms with Crippen LogP contribution < -0.4 is 10.6 Å². The average Bonchev–Trinajstić information content (AvgIpc) is 3.35. The highest BCUT2D eigenvalue weighted by molar-refractivity contribution is 5.80. The predicted octanol–water partition coefficient (Wildman–Crippen LogP) is 2.34. The molecule has 0 spiro atoms. The second-order valence-corrected chi connectivity index (χ2v) is 7.73. The Balaban J connectivity index is 1.44. The first-order valence-electron chi connectivity index (χ1n) is 10.0. The minimum Gasteiger partial charge on any atom is -0.351 e. The summed E-state index contributed by atoms with van der Waals surface area (Å²) in [4.78, 5) is 29.1. The first-order valence-corrected chi connectivity index (χ1v) is 10.0. The first kappa shape index (κ1) is 19.2. The van der Waals surface area contributed by atoms with Gasteiger partial charge in [-0.05, 0) is 38.5 Å². The number of carbonyl (C=O) groups excluding carboxylic acids is 2. The SMILES string of the molecule is CC(C)n1nccc1[C@@H]1NC(=O)CC[C@H]1NC(=O)CCn1cnc2ccccc21. The Morgan fingerprint density at radius 1 is 1.31 bits per heavy atom. The fourth-order valence-corrected chi connectivity index (χ4v) is 3.93. The van der Waals surface area contributed by atoms with Gasteiger partial charge in [0.05, 0.1) is 35.1 Å². The normalized spacial score (nSPS) is 19.5. The lowest BCUT2D eigenvalue weighted by Gasteiger charge is -2.33. The monoisotopic (exact) mass is 394 g/mol. The van der Waals surface area contributed by atoms with Gasteiger partial charge in [0.25, 0.3) is 0 Å². The Morgan fingerprint density at radius 2 is 2.14 bits per heavy atom. The summed E-state index contributed by atoms with van der Waals surface area (Å²) in [6, 6.07) is 9.52. The highest BCUT2D eigenvalue weighted by Crippen LogP contribution is 2.26. The zero-order valence-electron chi connectivity index (χ0n) is 16.7. The number of rotatable bonds is 6. The number of nitrogens with zero attached hydrogens (tertiary/aromatic N) is 4. The molecule has 8 nitrogen and oxygen atoms in total. The third-order valence-corrected chi connectivity index (χ3v) is 5.36. The largest absolute Gasteiger partial charge is 0.351 e. The van der Waals surface area contributed by atoms with Crippen LogP contribution in [0, 0.1) is 0 Å². The average molecular weight is 394 g/mol. The van der Waals surface area contributed by atoms with Crippen molar-refractivity contribution < 1.29 is 9.59 Å². The molecule has 8 heteroatoms. The van der Waals surface area contributed by atoms with Crippen LogP contribution in [0.15, 0.2) is 42.9 Å². The molecule has 152 valence electrons. The fourth-order valence-electron chi connectivity index (χ4n) is 3.93. The van der Waals surface area contributed by atoms with Crippen molar-refractivity contribution in [3.63, 3.8) is 0 Å². The highest BCUT2D eigenvalue weighted by Gasteiger charge is 2.33. The molecule has 2 N–H and O–H groups in total. The van der Waals surface area contributed by atoms with Crippen molar-refractivity contribution in [2.45, 2.75) is 57.8 Å². The molecule has 0 aliphatic carbocycles. The number of piperidine rings is 1. The number of nitrogens with one attached hydrogen (secondary N) is 2. The third kappa shape index (κ3) is 4.01. The van der Waals surface area contributed by atoms with E-state index in [1.54, 1.807) is 12.5 Å². The van der Waals surface area contributed by atoms with E-state index in [-0.39, 0.29) is 29.9 Å². The van der Waals surface area contributed by atoms with Gasteiger partial charge in [-0.25, -0.2) is 4.98 Å². The molecule has 29 heavy (non-hydrogen) atoms. The topological polar surface area (TPSA) is 93.8 Å². The van der Waals surface area contributed by atoms with Gasteiger partial charge in [-0.1, -0.05) is 12.1 Å². The molecule has 0 radical (unpaired) electrons. The van der Waals surface area contributed by atoms with Crippen LogP contribution in [0.25, 0.3) is 11.0 Å². The van der Waals surface area contributed by atoms with Gasteiger partial charge in [0.2, 0.25) is 11.8 Å². The van der Waals surface area contributed by atoms with Crippen LogP contribution in [0.3, 0.4) is 0 Å². The summed E-state index contributed by atoms with van der Waals surface area (Å²) in [6.07, 6.45) is 4.87. The molecule has 1 aliphatic rings. The number of imidazole rings is 1. The Bertz CT molecular complexity index is 1020. The summed E-state index contributed by atoms with van der Waals surface area (Å²) in [6.45, 7) is 4.65. The summed E-state index contributed by atoms with van der Waals surface area (Å²) in [7, 11) is 0. The van der Waals surface area contributed by atoms with Crippen molar-refractivity contribution in [1.82, 2.24) is 30.0 Å². The minimum atomic E-state index is -0.279. The number of aryl methyl sites for hydroxylation is 1. The number of hydrogen-bond donors (Lipinski definition) is 2. The van der Waals surface area contributed by atoms with Gasteiger partial charge in [0.1, 0.15) is 0 Å². The summed E-state index contributed by atoms with van der Waals surface area (Å²) in [5.41, 5.74) is 2.85. The van der Waals surface area contributed by atoms with Crippen molar-refractivity contribution in [2.24, 2.45) is 0 Å². The van der Waals surface area contributed by atoms with Gasteiger partial charge in [0, 0.05) is 31.6 Å². The molecule has 2 amide bonds. The quantitative estimate of drug-likeness (QED) is 0.671. The molecule has 0 saturated carbocycles. The molecule has 1 saturated heterocycles. The summed E-state index contributed by atoms with van der Waals surface area (Å²) >= 11 is 0. The maximum Gasteiger partial charge on any atom is 0.222 e. The molecule has 4 rings (SSSR count). The second-order valence-electron chi connectivity index (χ2n) is 7.73. The van der Waals surface area contributed by atoms with E-state index in [1.807, 2.05) is 53.4 Å². The molecule has 0 bridgehead atoms. The standard InChI is InChI=1S/C21H26N6O2/c1-14(2)27-18(9-11-23-27)21-16(7-8-19(28)25-21)24-20(29)10-12-26-13-22-15-5-3-4-6-17(15)26/h3-6,9,11,13-14,16,21H,7-8,10,12H2,1-2H3,(H,24,29)(H,25,28)/t16-,21-/m1/s1. The molecular weight excluding hydrogens is 368 g/mol. The van der Waals surface area contributed by atoms with Crippen molar-refractivity contribution in [2.75, 3.05) is 0 Å². The number of fused-ring (bicyclic) bond motifs is 1. The van der Waals surface area contributed by atoms with Gasteiger partial charge in [-0.15, -0.1) is 0 Å². The maximum absolute atomic E-state index is 12.7. The van der Waals surface area contributed by atoms with E-state index in [2.05, 4.69) is 20.7 Å². The van der Waals surface area contributed by atoms with Crippen LogP contribution in [-0.2, 0) is 16.1 Å². The van der Waals surface area contributed by atoms with Crippen LogP contribution in [0.2, 0.25) is 0 Å². The number of para-hydroxylation sites is 2. The van der Waals surface area contributed by atoms with Gasteiger partial charge in [-0.2, -0.15) is 5.10 Å². The molecule has 3 aromatic rings.